The van der Waals surface area contributed by atoms with Gasteiger partial charge in [0.25, 0.3) is 5.91 Å². The number of para-hydroxylation sites is 1. The molecule has 78 valence electrons. The molecule has 1 N–H and O–H groups in total. The summed E-state index contributed by atoms with van der Waals surface area (Å²) < 4.78 is 5.39. The maximum absolute atomic E-state index is 11.9. The van der Waals surface area contributed by atoms with E-state index in [9.17, 15) is 4.79 Å². The number of nitrogens with one attached hydrogen (secondary N) is 1. The van der Waals surface area contributed by atoms with Crippen molar-refractivity contribution in [2.24, 2.45) is 0 Å². The van der Waals surface area contributed by atoms with Gasteiger partial charge in [0, 0.05) is 24.8 Å². The van der Waals surface area contributed by atoms with Crippen molar-refractivity contribution in [3.63, 3.8) is 0 Å². The van der Waals surface area contributed by atoms with Crippen molar-refractivity contribution in [2.75, 3.05) is 12.4 Å². The number of carbonyl (C=O) groups excluding carboxylic acids is 1. The van der Waals surface area contributed by atoms with Gasteiger partial charge in [-0.2, -0.15) is 0 Å². The van der Waals surface area contributed by atoms with Crippen molar-refractivity contribution in [1.82, 2.24) is 0 Å². The highest BCUT2D eigenvalue weighted by Gasteiger charge is 2.45. The Morgan fingerprint density at radius 1 is 1.53 bits per heavy atom. The Morgan fingerprint density at radius 2 is 2.27 bits per heavy atom. The summed E-state index contributed by atoms with van der Waals surface area (Å²) in [6.07, 6.45) is 2.18. The van der Waals surface area contributed by atoms with E-state index >= 15 is 0 Å². The molecule has 0 spiro atoms. The number of amides is 1. The number of hydrogen-bond donors (Lipinski definition) is 1. The van der Waals surface area contributed by atoms with Crippen LogP contribution in [0.25, 0.3) is 0 Å². The zero-order valence-corrected chi connectivity index (χ0v) is 8.62. The van der Waals surface area contributed by atoms with Crippen molar-refractivity contribution in [3.05, 3.63) is 42.5 Å². The first-order valence-electron chi connectivity index (χ1n) is 4.81. The first kappa shape index (κ1) is 9.93. The van der Waals surface area contributed by atoms with Crippen molar-refractivity contribution >= 4 is 11.6 Å². The van der Waals surface area contributed by atoms with E-state index in [-0.39, 0.29) is 5.91 Å². The quantitative estimate of drug-likeness (QED) is 0.763. The van der Waals surface area contributed by atoms with E-state index in [4.69, 9.17) is 4.74 Å². The molecule has 1 atom stereocenters. The van der Waals surface area contributed by atoms with E-state index in [1.165, 1.54) is 0 Å². The lowest BCUT2D eigenvalue weighted by molar-refractivity contribution is -0.137. The fraction of sp³-hybridized carbons (Fsp3) is 0.250. The van der Waals surface area contributed by atoms with E-state index in [1.54, 1.807) is 13.2 Å². The summed E-state index contributed by atoms with van der Waals surface area (Å²) in [5.74, 6) is -0.119. The molecule has 0 saturated heterocycles. The van der Waals surface area contributed by atoms with Crippen LogP contribution < -0.4 is 5.32 Å². The molecule has 1 aliphatic heterocycles. The molecule has 0 bridgehead atoms. The van der Waals surface area contributed by atoms with Crippen molar-refractivity contribution < 1.29 is 9.53 Å². The average molecular weight is 203 g/mol. The fourth-order valence-electron chi connectivity index (χ4n) is 1.98. The van der Waals surface area contributed by atoms with Gasteiger partial charge in [-0.25, -0.2) is 0 Å². The molecule has 0 aromatic heterocycles. The second-order valence-corrected chi connectivity index (χ2v) is 3.52. The third-order valence-electron chi connectivity index (χ3n) is 2.76. The second-order valence-electron chi connectivity index (χ2n) is 3.52. The summed E-state index contributed by atoms with van der Waals surface area (Å²) in [5.41, 5.74) is 0.821. The topological polar surface area (TPSA) is 38.3 Å². The lowest BCUT2D eigenvalue weighted by atomic mass is 9.91. The van der Waals surface area contributed by atoms with Gasteiger partial charge in [0.05, 0.1) is 0 Å². The number of ether oxygens (including phenoxy) is 1. The second kappa shape index (κ2) is 3.51. The summed E-state index contributed by atoms with van der Waals surface area (Å²) in [7, 11) is 1.55. The molecule has 1 heterocycles. The standard InChI is InChI=1S/C12H13NO2/c1-3-8-12(15-2)9-6-4-5-7-10(9)13-11(12)14/h3-7H,1,8H2,2H3,(H,13,14)/t12-/m1/s1. The molecule has 1 aromatic rings. The normalized spacial score (nSPS) is 23.4. The van der Waals surface area contributed by atoms with Crippen molar-refractivity contribution in [3.8, 4) is 0 Å². The molecule has 0 fully saturated rings. The van der Waals surface area contributed by atoms with Crippen molar-refractivity contribution in [1.29, 1.82) is 0 Å². The Hall–Kier alpha value is -1.61. The number of rotatable bonds is 3. The van der Waals surface area contributed by atoms with E-state index in [0.717, 1.165) is 11.3 Å². The van der Waals surface area contributed by atoms with Gasteiger partial charge in [0.1, 0.15) is 0 Å². The highest BCUT2D eigenvalue weighted by molar-refractivity contribution is 6.05. The molecule has 3 heteroatoms. The predicted octanol–water partition coefficient (Wildman–Crippen LogP) is 2.06. The Bertz CT molecular complexity index is 414. The average Bonchev–Trinajstić information content (AvgIpc) is 2.53. The minimum absolute atomic E-state index is 0.119. The third kappa shape index (κ3) is 1.27. The van der Waals surface area contributed by atoms with E-state index in [2.05, 4.69) is 11.9 Å². The minimum Gasteiger partial charge on any atom is -0.363 e. The summed E-state index contributed by atoms with van der Waals surface area (Å²) in [6, 6.07) is 7.56. The number of hydrogen-bond acceptors (Lipinski definition) is 2. The van der Waals surface area contributed by atoms with Gasteiger partial charge in [0.2, 0.25) is 0 Å². The summed E-state index contributed by atoms with van der Waals surface area (Å²) >= 11 is 0. The van der Waals surface area contributed by atoms with Crippen LogP contribution in [-0.4, -0.2) is 13.0 Å². The van der Waals surface area contributed by atoms with Gasteiger partial charge in [-0.1, -0.05) is 24.3 Å². The Labute approximate surface area is 88.8 Å². The maximum Gasteiger partial charge on any atom is 0.261 e. The monoisotopic (exact) mass is 203 g/mol. The van der Waals surface area contributed by atoms with Crippen LogP contribution in [0.3, 0.4) is 0 Å². The molecule has 0 unspecified atom stereocenters. The number of benzene rings is 1. The number of carbonyl (C=O) groups is 1. The lowest BCUT2D eigenvalue weighted by Crippen LogP contribution is -2.35. The first-order chi connectivity index (χ1) is 7.24. The molecule has 0 radical (unpaired) electrons. The Balaban J connectivity index is 2.56. The zero-order chi connectivity index (χ0) is 10.9. The smallest absolute Gasteiger partial charge is 0.261 e. The highest BCUT2D eigenvalue weighted by Crippen LogP contribution is 2.40. The Kier molecular flexibility index (Phi) is 2.32. The van der Waals surface area contributed by atoms with Gasteiger partial charge in [-0.05, 0) is 6.07 Å². The molecule has 2 rings (SSSR count). The minimum atomic E-state index is -0.891. The molecular formula is C12H13NO2. The number of methoxy groups -OCH3 is 1. The van der Waals surface area contributed by atoms with Gasteiger partial charge < -0.3 is 10.1 Å². The third-order valence-corrected chi connectivity index (χ3v) is 2.76. The van der Waals surface area contributed by atoms with E-state index < -0.39 is 5.60 Å². The molecule has 1 amide bonds. The van der Waals surface area contributed by atoms with Gasteiger partial charge in [-0.15, -0.1) is 6.58 Å². The molecule has 1 aliphatic rings. The van der Waals surface area contributed by atoms with Gasteiger partial charge >= 0.3 is 0 Å². The SMILES string of the molecule is C=CC[C@]1(OC)C(=O)Nc2ccccc21. The van der Waals surface area contributed by atoms with Crippen molar-refractivity contribution in [2.45, 2.75) is 12.0 Å². The zero-order valence-electron chi connectivity index (χ0n) is 8.62. The van der Waals surface area contributed by atoms with Crippen LogP contribution in [0.2, 0.25) is 0 Å². The van der Waals surface area contributed by atoms with E-state index in [1.807, 2.05) is 24.3 Å². The first-order valence-corrected chi connectivity index (χ1v) is 4.81. The van der Waals surface area contributed by atoms with Crippen LogP contribution in [0.5, 0.6) is 0 Å². The predicted molar refractivity (Wildman–Crippen MR) is 58.6 cm³/mol. The number of fused-ring (bicyclic) bond motifs is 1. The van der Waals surface area contributed by atoms with Crippen LogP contribution in [0.15, 0.2) is 36.9 Å². The van der Waals surface area contributed by atoms with Crippen LogP contribution >= 0.6 is 0 Å². The van der Waals surface area contributed by atoms with E-state index in [0.29, 0.717) is 6.42 Å². The fourth-order valence-corrected chi connectivity index (χ4v) is 1.98. The van der Waals surface area contributed by atoms with Crippen LogP contribution in [0, 0.1) is 0 Å². The molecule has 0 aliphatic carbocycles. The molecule has 0 saturated carbocycles. The number of anilines is 1. The summed E-state index contributed by atoms with van der Waals surface area (Å²) in [5, 5.41) is 2.81. The van der Waals surface area contributed by atoms with Crippen LogP contribution in [0.4, 0.5) is 5.69 Å². The maximum atomic E-state index is 11.9. The van der Waals surface area contributed by atoms with Crippen LogP contribution in [0.1, 0.15) is 12.0 Å². The lowest BCUT2D eigenvalue weighted by Gasteiger charge is -2.24. The highest BCUT2D eigenvalue weighted by atomic mass is 16.5. The molecule has 15 heavy (non-hydrogen) atoms. The van der Waals surface area contributed by atoms with Gasteiger partial charge in [0.15, 0.2) is 5.60 Å². The van der Waals surface area contributed by atoms with Gasteiger partial charge in [-0.3, -0.25) is 4.79 Å². The molecule has 3 nitrogen and oxygen atoms in total. The summed E-state index contributed by atoms with van der Waals surface area (Å²) in [4.78, 5) is 11.9. The molecular weight excluding hydrogens is 190 g/mol. The Morgan fingerprint density at radius 3 is 2.93 bits per heavy atom. The largest absolute Gasteiger partial charge is 0.363 e. The van der Waals surface area contributed by atoms with Crippen LogP contribution in [-0.2, 0) is 15.1 Å². The summed E-state index contributed by atoms with van der Waals surface area (Å²) in [6.45, 7) is 3.66. The molecule has 1 aromatic carbocycles.